The van der Waals surface area contributed by atoms with E-state index in [0.29, 0.717) is 51.9 Å². The molecule has 1 aromatic heterocycles. The number of nitrogens with one attached hydrogen (secondary N) is 2. The van der Waals surface area contributed by atoms with Crippen molar-refractivity contribution in [2.45, 2.75) is 82.1 Å². The Morgan fingerprint density at radius 1 is 0.860 bits per heavy atom. The smallest absolute Gasteiger partial charge is 0.407 e. The van der Waals surface area contributed by atoms with Crippen LogP contribution in [0, 0.1) is 0 Å². The van der Waals surface area contributed by atoms with E-state index in [1.54, 1.807) is 11.7 Å². The number of alkyl carbamates (subject to hydrolysis) is 1. The van der Waals surface area contributed by atoms with Gasteiger partial charge in [-0.25, -0.2) is 9.59 Å². The number of thiazole rings is 1. The molecule has 2 N–H and O–H groups in total. The topological polar surface area (TPSA) is 116 Å². The molecule has 4 unspecified atom stereocenters. The summed E-state index contributed by atoms with van der Waals surface area (Å²) >= 11 is 1.44. The Bertz CT molecular complexity index is 1480. The van der Waals surface area contributed by atoms with Crippen molar-refractivity contribution < 1.29 is 23.9 Å². The minimum Gasteiger partial charge on any atom is -0.444 e. The first-order valence-corrected chi connectivity index (χ1v) is 19.0. The summed E-state index contributed by atoms with van der Waals surface area (Å²) in [6.45, 7) is 5.15. The second kappa shape index (κ2) is 18.3. The molecule has 0 radical (unpaired) electrons. The van der Waals surface area contributed by atoms with Crippen LogP contribution in [0.15, 0.2) is 72.4 Å². The van der Waals surface area contributed by atoms with E-state index >= 15 is 0 Å². The number of piperidine rings is 1. The fourth-order valence-corrected chi connectivity index (χ4v) is 7.86. The number of amides is 4. The molecular formula is C38H50N6O5S. The number of rotatable bonds is 13. The third kappa shape index (κ3) is 10.3. The van der Waals surface area contributed by atoms with Gasteiger partial charge in [0, 0.05) is 57.0 Å². The lowest BCUT2D eigenvalue weighted by Crippen LogP contribution is -2.53. The summed E-state index contributed by atoms with van der Waals surface area (Å²) in [5, 5.41) is 6.48. The molecule has 3 aliphatic rings. The van der Waals surface area contributed by atoms with E-state index in [-0.39, 0.29) is 36.7 Å². The maximum Gasteiger partial charge on any atom is 0.407 e. The Balaban J connectivity index is 1.16. The lowest BCUT2D eigenvalue weighted by atomic mass is 9.95. The average molecular weight is 703 g/mol. The molecule has 12 heteroatoms. The summed E-state index contributed by atoms with van der Waals surface area (Å²) in [5.74, 6) is -0.108. The van der Waals surface area contributed by atoms with Crippen molar-refractivity contribution >= 4 is 29.4 Å². The van der Waals surface area contributed by atoms with Crippen LogP contribution in [0.5, 0.6) is 0 Å². The fraction of sp³-hybridized carbons (Fsp3) is 0.526. The van der Waals surface area contributed by atoms with Gasteiger partial charge in [0.05, 0.1) is 23.6 Å². The second-order valence-electron chi connectivity index (χ2n) is 13.6. The quantitative estimate of drug-likeness (QED) is 0.261. The number of carbonyl (C=O) groups is 3. The second-order valence-corrected chi connectivity index (χ2v) is 14.6. The Morgan fingerprint density at radius 2 is 1.50 bits per heavy atom. The van der Waals surface area contributed by atoms with Crippen molar-refractivity contribution in [3.05, 3.63) is 88.4 Å². The van der Waals surface area contributed by atoms with Gasteiger partial charge in [0.25, 0.3) is 0 Å². The third-order valence-electron chi connectivity index (χ3n) is 10.0. The first-order valence-electron chi connectivity index (χ1n) is 18.1. The largest absolute Gasteiger partial charge is 0.444 e. The molecule has 3 saturated heterocycles. The Morgan fingerprint density at radius 3 is 2.12 bits per heavy atom. The maximum atomic E-state index is 14.3. The SMILES string of the molecule is O=C(NC(CCC(Cc1ccccc1)NC(=O)C1CC(N2CCOCC2)CN1C(=O)N1CCCCC1)Cc1ccccc1)OCc1cncs1. The zero-order valence-electron chi connectivity index (χ0n) is 28.8. The number of hydrogen-bond acceptors (Lipinski definition) is 8. The van der Waals surface area contributed by atoms with Gasteiger partial charge in [-0.1, -0.05) is 60.7 Å². The number of aromatic nitrogens is 1. The number of hydrogen-bond donors (Lipinski definition) is 2. The first kappa shape index (κ1) is 35.8. The number of urea groups is 1. The van der Waals surface area contributed by atoms with Gasteiger partial charge in [-0.15, -0.1) is 11.3 Å². The van der Waals surface area contributed by atoms with Gasteiger partial charge >= 0.3 is 12.1 Å². The summed E-state index contributed by atoms with van der Waals surface area (Å²) in [4.78, 5) is 52.3. The third-order valence-corrected chi connectivity index (χ3v) is 10.8. The van der Waals surface area contributed by atoms with Crippen LogP contribution in [0.2, 0.25) is 0 Å². The lowest BCUT2D eigenvalue weighted by molar-refractivity contribution is -0.125. The number of nitrogens with zero attached hydrogens (tertiary/aromatic N) is 4. The molecule has 0 aliphatic carbocycles. The molecule has 0 spiro atoms. The van der Waals surface area contributed by atoms with Gasteiger partial charge in [0.1, 0.15) is 12.6 Å². The molecule has 6 rings (SSSR count). The molecule has 4 amide bonds. The minimum absolute atomic E-state index is 0.0239. The number of ether oxygens (including phenoxy) is 2. The molecule has 3 fully saturated rings. The zero-order chi connectivity index (χ0) is 34.5. The van der Waals surface area contributed by atoms with Crippen LogP contribution in [0.1, 0.15) is 54.5 Å². The zero-order valence-corrected chi connectivity index (χ0v) is 29.6. The molecule has 268 valence electrons. The highest BCUT2D eigenvalue weighted by atomic mass is 32.1. The van der Waals surface area contributed by atoms with Crippen molar-refractivity contribution in [1.29, 1.82) is 0 Å². The molecule has 11 nitrogen and oxygen atoms in total. The van der Waals surface area contributed by atoms with Crippen molar-refractivity contribution in [2.75, 3.05) is 45.9 Å². The molecule has 0 saturated carbocycles. The Labute approximate surface area is 299 Å². The van der Waals surface area contributed by atoms with E-state index in [1.807, 2.05) is 46.2 Å². The van der Waals surface area contributed by atoms with Crippen molar-refractivity contribution in [3.63, 3.8) is 0 Å². The molecular weight excluding hydrogens is 653 g/mol. The van der Waals surface area contributed by atoms with Crippen LogP contribution < -0.4 is 10.6 Å². The number of carbonyl (C=O) groups excluding carboxylic acids is 3. The average Bonchev–Trinajstić information content (AvgIpc) is 3.85. The van der Waals surface area contributed by atoms with Crippen molar-refractivity contribution in [3.8, 4) is 0 Å². The Hall–Kier alpha value is -4.00. The van der Waals surface area contributed by atoms with Crippen LogP contribution in [0.4, 0.5) is 9.59 Å². The van der Waals surface area contributed by atoms with E-state index in [2.05, 4.69) is 44.8 Å². The Kier molecular flexibility index (Phi) is 13.1. The summed E-state index contributed by atoms with van der Waals surface area (Å²) in [6.07, 6.45) is 7.49. The van der Waals surface area contributed by atoms with Gasteiger partial charge in [0.2, 0.25) is 5.91 Å². The summed E-state index contributed by atoms with van der Waals surface area (Å²) < 4.78 is 11.1. The van der Waals surface area contributed by atoms with Crippen molar-refractivity contribution in [2.24, 2.45) is 0 Å². The fourth-order valence-electron chi connectivity index (χ4n) is 7.35. The normalized spacial score (nSPS) is 21.0. The summed E-state index contributed by atoms with van der Waals surface area (Å²) in [7, 11) is 0. The molecule has 0 bridgehead atoms. The minimum atomic E-state index is -0.546. The van der Waals surface area contributed by atoms with Gasteiger partial charge in [-0.3, -0.25) is 14.7 Å². The van der Waals surface area contributed by atoms with Gasteiger partial charge in [-0.2, -0.15) is 0 Å². The summed E-state index contributed by atoms with van der Waals surface area (Å²) in [6, 6.07) is 19.4. The van der Waals surface area contributed by atoms with E-state index < -0.39 is 12.1 Å². The number of benzene rings is 2. The molecule has 3 aromatic rings. The molecule has 3 aliphatic heterocycles. The van der Waals surface area contributed by atoms with Gasteiger partial charge < -0.3 is 29.9 Å². The predicted octanol–water partition coefficient (Wildman–Crippen LogP) is 4.87. The molecule has 4 atom stereocenters. The van der Waals surface area contributed by atoms with Crippen LogP contribution in [0.25, 0.3) is 0 Å². The van der Waals surface area contributed by atoms with Crippen LogP contribution in [0.3, 0.4) is 0 Å². The van der Waals surface area contributed by atoms with E-state index in [0.717, 1.165) is 61.4 Å². The van der Waals surface area contributed by atoms with Crippen LogP contribution in [-0.2, 0) is 33.7 Å². The van der Waals surface area contributed by atoms with E-state index in [1.165, 1.54) is 11.3 Å². The van der Waals surface area contributed by atoms with E-state index in [9.17, 15) is 14.4 Å². The maximum absolute atomic E-state index is 14.3. The highest BCUT2D eigenvalue weighted by Crippen LogP contribution is 2.26. The highest BCUT2D eigenvalue weighted by Gasteiger charge is 2.44. The van der Waals surface area contributed by atoms with E-state index in [4.69, 9.17) is 9.47 Å². The lowest BCUT2D eigenvalue weighted by Gasteiger charge is -2.34. The predicted molar refractivity (Wildman–Crippen MR) is 193 cm³/mol. The van der Waals surface area contributed by atoms with Gasteiger partial charge in [-0.05, 0) is 62.5 Å². The van der Waals surface area contributed by atoms with Gasteiger partial charge in [0.15, 0.2) is 0 Å². The number of morpholine rings is 1. The summed E-state index contributed by atoms with van der Waals surface area (Å²) in [5.41, 5.74) is 3.94. The molecule has 2 aromatic carbocycles. The monoisotopic (exact) mass is 702 g/mol. The standard InChI is InChI=1S/C38H50N6O5S/c45-36(35-24-33(42-18-20-48-21-19-42)26-44(35)38(47)43-16-8-3-9-17-43)40-31(22-29-10-4-1-5-11-29)14-15-32(23-30-12-6-2-7-13-30)41-37(46)49-27-34-25-39-28-50-34/h1-2,4-7,10-13,25,28,31-33,35H,3,8-9,14-24,26-27H2,(H,40,45)(H,41,46). The van der Waals surface area contributed by atoms with Crippen LogP contribution in [-0.4, -0.2) is 108 Å². The molecule has 50 heavy (non-hydrogen) atoms. The molecule has 4 heterocycles. The van der Waals surface area contributed by atoms with Crippen LogP contribution >= 0.6 is 11.3 Å². The number of likely N-dealkylation sites (tertiary alicyclic amines) is 2. The first-order chi connectivity index (χ1) is 24.5. The highest BCUT2D eigenvalue weighted by molar-refractivity contribution is 7.09. The van der Waals surface area contributed by atoms with Crippen molar-refractivity contribution in [1.82, 2.24) is 30.3 Å².